The highest BCUT2D eigenvalue weighted by atomic mass is 35.5. The summed E-state index contributed by atoms with van der Waals surface area (Å²) in [6, 6.07) is 8.60. The summed E-state index contributed by atoms with van der Waals surface area (Å²) >= 11 is 23.9. The summed E-state index contributed by atoms with van der Waals surface area (Å²) in [6.07, 6.45) is 0. The number of rotatable bonds is 1. The van der Waals surface area contributed by atoms with Crippen LogP contribution in [0.25, 0.3) is 11.1 Å². The predicted molar refractivity (Wildman–Crippen MR) is 76.3 cm³/mol. The van der Waals surface area contributed by atoms with Crippen LogP contribution in [0.4, 0.5) is 5.69 Å². The number of nitrogen functional groups attached to an aromatic ring is 1. The fraction of sp³-hybridized carbons (Fsp3) is 0. The molecule has 2 rings (SSSR count). The first-order valence-corrected chi connectivity index (χ1v) is 6.21. The Morgan fingerprint density at radius 3 is 2.06 bits per heavy atom. The van der Waals surface area contributed by atoms with E-state index in [9.17, 15) is 0 Å². The molecule has 0 spiro atoms. The highest BCUT2D eigenvalue weighted by Crippen LogP contribution is 2.39. The van der Waals surface area contributed by atoms with E-state index in [1.54, 1.807) is 24.3 Å². The van der Waals surface area contributed by atoms with E-state index in [2.05, 4.69) is 0 Å². The molecule has 5 heteroatoms. The average Bonchev–Trinajstić information content (AvgIpc) is 2.28. The average molecular weight is 307 g/mol. The maximum Gasteiger partial charge on any atom is 0.0641 e. The highest BCUT2D eigenvalue weighted by molar-refractivity contribution is 6.44. The molecule has 2 aromatic rings. The summed E-state index contributed by atoms with van der Waals surface area (Å²) in [6.45, 7) is 0. The lowest BCUT2D eigenvalue weighted by molar-refractivity contribution is 1.60. The summed E-state index contributed by atoms with van der Waals surface area (Å²) in [5, 5.41) is 1.78. The molecule has 17 heavy (non-hydrogen) atoms. The van der Waals surface area contributed by atoms with E-state index >= 15 is 0 Å². The molecule has 0 bridgehead atoms. The number of hydrogen-bond donors (Lipinski definition) is 1. The molecule has 1 nitrogen and oxygen atoms in total. The normalized spacial score (nSPS) is 10.6. The third-order valence-corrected chi connectivity index (χ3v) is 3.72. The molecule has 0 fully saturated rings. The van der Waals surface area contributed by atoms with Gasteiger partial charge in [0.2, 0.25) is 0 Å². The van der Waals surface area contributed by atoms with Crippen LogP contribution in [0, 0.1) is 0 Å². The Bertz CT molecular complexity index is 581. The van der Waals surface area contributed by atoms with E-state index in [1.165, 1.54) is 0 Å². The van der Waals surface area contributed by atoms with Crippen LogP contribution in [-0.2, 0) is 0 Å². The molecule has 0 heterocycles. The van der Waals surface area contributed by atoms with Crippen molar-refractivity contribution in [1.29, 1.82) is 0 Å². The van der Waals surface area contributed by atoms with Gasteiger partial charge < -0.3 is 5.73 Å². The van der Waals surface area contributed by atoms with Crippen molar-refractivity contribution in [1.82, 2.24) is 0 Å². The van der Waals surface area contributed by atoms with Gasteiger partial charge in [0.25, 0.3) is 0 Å². The van der Waals surface area contributed by atoms with Crippen molar-refractivity contribution < 1.29 is 0 Å². The minimum atomic E-state index is 0.404. The number of anilines is 1. The Morgan fingerprint density at radius 1 is 0.706 bits per heavy atom. The number of halogens is 4. The second-order valence-corrected chi connectivity index (χ2v) is 5.08. The van der Waals surface area contributed by atoms with Crippen molar-refractivity contribution in [3.05, 3.63) is 50.4 Å². The fourth-order valence-corrected chi connectivity index (χ4v) is 2.32. The monoisotopic (exact) mass is 305 g/mol. The Labute approximate surface area is 119 Å². The van der Waals surface area contributed by atoms with Gasteiger partial charge in [0, 0.05) is 11.1 Å². The Kier molecular flexibility index (Phi) is 3.74. The Morgan fingerprint density at radius 2 is 1.35 bits per heavy atom. The largest absolute Gasteiger partial charge is 0.397 e. The zero-order valence-corrected chi connectivity index (χ0v) is 11.5. The van der Waals surface area contributed by atoms with Gasteiger partial charge >= 0.3 is 0 Å². The molecule has 2 N–H and O–H groups in total. The first-order chi connectivity index (χ1) is 8.00. The fourth-order valence-electron chi connectivity index (χ4n) is 1.50. The van der Waals surface area contributed by atoms with Crippen LogP contribution in [-0.4, -0.2) is 0 Å². The minimum Gasteiger partial charge on any atom is -0.397 e. The molecule has 0 radical (unpaired) electrons. The molecule has 0 saturated heterocycles. The molecule has 88 valence electrons. The van der Waals surface area contributed by atoms with Gasteiger partial charge in [-0.05, 0) is 18.2 Å². The van der Waals surface area contributed by atoms with Gasteiger partial charge in [0.15, 0.2) is 0 Å². The molecule has 0 aliphatic heterocycles. The van der Waals surface area contributed by atoms with Gasteiger partial charge in [-0.25, -0.2) is 0 Å². The van der Waals surface area contributed by atoms with E-state index in [4.69, 9.17) is 52.1 Å². The summed E-state index contributed by atoms with van der Waals surface area (Å²) in [5.74, 6) is 0. The van der Waals surface area contributed by atoms with Crippen LogP contribution in [0.3, 0.4) is 0 Å². The second-order valence-electron chi connectivity index (χ2n) is 3.45. The smallest absolute Gasteiger partial charge is 0.0641 e. The van der Waals surface area contributed by atoms with Crippen molar-refractivity contribution in [3.8, 4) is 11.1 Å². The van der Waals surface area contributed by atoms with E-state index in [1.807, 2.05) is 6.07 Å². The van der Waals surface area contributed by atoms with Crippen molar-refractivity contribution in [2.75, 3.05) is 5.73 Å². The molecular weight excluding hydrogens is 300 g/mol. The van der Waals surface area contributed by atoms with Crippen LogP contribution >= 0.6 is 46.4 Å². The van der Waals surface area contributed by atoms with E-state index < -0.39 is 0 Å². The first-order valence-electron chi connectivity index (χ1n) is 4.69. The first kappa shape index (κ1) is 12.8. The quantitative estimate of drug-likeness (QED) is 0.542. The molecule has 0 unspecified atom stereocenters. The molecule has 0 aromatic heterocycles. The van der Waals surface area contributed by atoms with Crippen molar-refractivity contribution >= 4 is 52.1 Å². The lowest BCUT2D eigenvalue weighted by atomic mass is 10.0. The number of hydrogen-bond acceptors (Lipinski definition) is 1. The minimum absolute atomic E-state index is 0.404. The van der Waals surface area contributed by atoms with Gasteiger partial charge in [0.1, 0.15) is 0 Å². The van der Waals surface area contributed by atoms with Crippen LogP contribution in [0.5, 0.6) is 0 Å². The lowest BCUT2D eigenvalue weighted by Crippen LogP contribution is -1.92. The molecule has 0 saturated carbocycles. The topological polar surface area (TPSA) is 26.0 Å². The number of para-hydroxylation sites is 1. The number of nitrogens with two attached hydrogens (primary N) is 1. The Balaban J connectivity index is 2.69. The van der Waals surface area contributed by atoms with Crippen LogP contribution < -0.4 is 5.73 Å². The van der Waals surface area contributed by atoms with E-state index in [0.29, 0.717) is 31.3 Å². The van der Waals surface area contributed by atoms with Gasteiger partial charge in [-0.15, -0.1) is 0 Å². The third kappa shape index (κ3) is 2.48. The SMILES string of the molecule is Nc1c(Cl)cccc1-c1cc(Cl)c(Cl)cc1Cl. The molecule has 0 aliphatic rings. The summed E-state index contributed by atoms with van der Waals surface area (Å²) in [5.41, 5.74) is 7.82. The van der Waals surface area contributed by atoms with Crippen molar-refractivity contribution in [2.45, 2.75) is 0 Å². The van der Waals surface area contributed by atoms with E-state index in [0.717, 1.165) is 5.56 Å². The van der Waals surface area contributed by atoms with Crippen molar-refractivity contribution in [3.63, 3.8) is 0 Å². The van der Waals surface area contributed by atoms with Crippen molar-refractivity contribution in [2.24, 2.45) is 0 Å². The van der Waals surface area contributed by atoms with Gasteiger partial charge in [0.05, 0.1) is 25.8 Å². The number of benzene rings is 2. The zero-order chi connectivity index (χ0) is 12.6. The maximum atomic E-state index is 6.12. The van der Waals surface area contributed by atoms with Gasteiger partial charge in [-0.1, -0.05) is 58.5 Å². The van der Waals surface area contributed by atoms with Crippen LogP contribution in [0.1, 0.15) is 0 Å². The van der Waals surface area contributed by atoms with Gasteiger partial charge in [-0.3, -0.25) is 0 Å². The summed E-state index contributed by atoms with van der Waals surface area (Å²) in [7, 11) is 0. The van der Waals surface area contributed by atoms with Gasteiger partial charge in [-0.2, -0.15) is 0 Å². The summed E-state index contributed by atoms with van der Waals surface area (Å²) in [4.78, 5) is 0. The van der Waals surface area contributed by atoms with Crippen LogP contribution in [0.2, 0.25) is 20.1 Å². The zero-order valence-electron chi connectivity index (χ0n) is 8.48. The molecule has 0 amide bonds. The van der Waals surface area contributed by atoms with E-state index in [-0.39, 0.29) is 0 Å². The molecule has 0 atom stereocenters. The standard InChI is InChI=1S/C12H7Cl4N/c13-8-3-1-2-6(12(8)17)7-4-10(15)11(16)5-9(7)14/h1-5H,17H2. The molecule has 0 aliphatic carbocycles. The lowest BCUT2D eigenvalue weighted by Gasteiger charge is -2.10. The molecular formula is C12H7Cl4N. The Hall–Kier alpha value is -0.600. The second kappa shape index (κ2) is 4.95. The summed E-state index contributed by atoms with van der Waals surface area (Å²) < 4.78 is 0. The van der Waals surface area contributed by atoms with Crippen LogP contribution in [0.15, 0.2) is 30.3 Å². The molecule has 2 aromatic carbocycles. The maximum absolute atomic E-state index is 6.12. The third-order valence-electron chi connectivity index (χ3n) is 2.35. The highest BCUT2D eigenvalue weighted by Gasteiger charge is 2.11. The predicted octanol–water partition coefficient (Wildman–Crippen LogP) is 5.55.